The summed E-state index contributed by atoms with van der Waals surface area (Å²) >= 11 is 1.80. The Bertz CT molecular complexity index is 1590. The molecule has 0 unspecified atom stereocenters. The van der Waals surface area contributed by atoms with Gasteiger partial charge in [0.1, 0.15) is 11.6 Å². The second-order valence-corrected chi connectivity index (χ2v) is 11.3. The maximum absolute atomic E-state index is 11.7. The molecule has 0 bridgehead atoms. The van der Waals surface area contributed by atoms with Crippen LogP contribution < -0.4 is 19.1 Å². The number of methoxy groups -OCH3 is 2. The number of aromatic nitrogens is 1. The standard InChI is InChI=1S/C29H30N2O8S/c1-15-12-17(24-13-19-23(40-24)9-8-22(35-3)26(19)36-4)10-11-31(15)25-14-18-20(30-25)6-5-7-21(18)37-29(16(2)32)38-27(33)28(34)39-29/h5-9,13-17,30,32H,10-12H2,1-4H3/t15-,16+,17+/m1/s1. The Kier molecular flexibility index (Phi) is 6.50. The number of ether oxygens (including phenoxy) is 5. The highest BCUT2D eigenvalue weighted by Gasteiger charge is 2.56. The molecule has 0 aliphatic carbocycles. The number of H-pyrrole nitrogens is 1. The van der Waals surface area contributed by atoms with Crippen LogP contribution in [0.1, 0.15) is 37.5 Å². The molecule has 2 fully saturated rings. The zero-order valence-corrected chi connectivity index (χ0v) is 23.4. The van der Waals surface area contributed by atoms with Gasteiger partial charge in [-0.15, -0.1) is 11.3 Å². The van der Waals surface area contributed by atoms with Gasteiger partial charge in [0, 0.05) is 32.9 Å². The third-order valence-corrected chi connectivity index (χ3v) is 8.92. The minimum atomic E-state index is -2.23. The molecule has 4 heterocycles. The summed E-state index contributed by atoms with van der Waals surface area (Å²) in [7, 11) is 3.32. The van der Waals surface area contributed by atoms with Gasteiger partial charge >= 0.3 is 17.9 Å². The highest BCUT2D eigenvalue weighted by molar-refractivity contribution is 7.19. The van der Waals surface area contributed by atoms with Crippen LogP contribution in [0.3, 0.4) is 0 Å². The number of anilines is 1. The molecule has 40 heavy (non-hydrogen) atoms. The van der Waals surface area contributed by atoms with E-state index in [-0.39, 0.29) is 6.04 Å². The van der Waals surface area contributed by atoms with Gasteiger partial charge in [-0.2, -0.15) is 0 Å². The third-order valence-electron chi connectivity index (χ3n) is 7.66. The number of aliphatic hydroxyl groups is 1. The number of hydrogen-bond donors (Lipinski definition) is 2. The zero-order chi connectivity index (χ0) is 28.2. The number of nitrogens with one attached hydrogen (secondary N) is 1. The Morgan fingerprint density at radius 3 is 2.52 bits per heavy atom. The number of carbonyl (C=O) groups excluding carboxylic acids is 2. The van der Waals surface area contributed by atoms with Crippen molar-refractivity contribution in [2.24, 2.45) is 0 Å². The fourth-order valence-corrected chi connectivity index (χ4v) is 6.83. The van der Waals surface area contributed by atoms with Crippen molar-refractivity contribution < 1.29 is 38.4 Å². The van der Waals surface area contributed by atoms with E-state index in [0.717, 1.165) is 47.6 Å². The summed E-state index contributed by atoms with van der Waals surface area (Å²) < 4.78 is 28.2. The molecule has 11 heteroatoms. The average Bonchev–Trinajstić information content (AvgIpc) is 3.64. The van der Waals surface area contributed by atoms with E-state index in [1.807, 2.05) is 18.2 Å². The summed E-state index contributed by atoms with van der Waals surface area (Å²) in [5.74, 6) is -1.52. The molecular weight excluding hydrogens is 536 g/mol. The number of carbonyl (C=O) groups is 2. The molecule has 210 valence electrons. The Hall–Kier alpha value is -3.96. The summed E-state index contributed by atoms with van der Waals surface area (Å²) in [6, 6.07) is 13.8. The summed E-state index contributed by atoms with van der Waals surface area (Å²) in [6.07, 6.45) is 0.541. The molecule has 0 radical (unpaired) electrons. The molecule has 0 saturated carbocycles. The highest BCUT2D eigenvalue weighted by atomic mass is 32.1. The number of thiophene rings is 1. The minimum Gasteiger partial charge on any atom is -0.493 e. The molecular formula is C29H30N2O8S. The lowest BCUT2D eigenvalue weighted by Gasteiger charge is -2.38. The summed E-state index contributed by atoms with van der Waals surface area (Å²) in [5.41, 5.74) is 0.795. The maximum Gasteiger partial charge on any atom is 0.449 e. The fourth-order valence-electron chi connectivity index (χ4n) is 5.62. The van der Waals surface area contributed by atoms with Crippen molar-refractivity contribution >= 4 is 50.1 Å². The number of piperidine rings is 1. The normalized spacial score (nSPS) is 21.4. The summed E-state index contributed by atoms with van der Waals surface area (Å²) in [5, 5.41) is 12.0. The van der Waals surface area contributed by atoms with Gasteiger partial charge in [0.2, 0.25) is 0 Å². The lowest BCUT2D eigenvalue weighted by molar-refractivity contribution is -0.313. The van der Waals surface area contributed by atoms with Crippen LogP contribution in [0.15, 0.2) is 42.5 Å². The summed E-state index contributed by atoms with van der Waals surface area (Å²) in [4.78, 5) is 30.6. The van der Waals surface area contributed by atoms with Gasteiger partial charge < -0.3 is 38.7 Å². The van der Waals surface area contributed by atoms with Crippen molar-refractivity contribution in [2.45, 2.75) is 50.7 Å². The smallest absolute Gasteiger partial charge is 0.449 e. The lowest BCUT2D eigenvalue weighted by Crippen LogP contribution is -2.47. The molecule has 0 amide bonds. The van der Waals surface area contributed by atoms with Gasteiger partial charge in [0.05, 0.1) is 19.7 Å². The van der Waals surface area contributed by atoms with Gasteiger partial charge in [-0.3, -0.25) is 0 Å². The largest absolute Gasteiger partial charge is 0.493 e. The van der Waals surface area contributed by atoms with E-state index in [1.165, 1.54) is 16.5 Å². The first-order valence-corrected chi connectivity index (χ1v) is 13.9. The van der Waals surface area contributed by atoms with Gasteiger partial charge in [-0.25, -0.2) is 9.59 Å². The monoisotopic (exact) mass is 566 g/mol. The second-order valence-electron chi connectivity index (χ2n) is 10.2. The predicted octanol–water partition coefficient (Wildman–Crippen LogP) is 4.69. The van der Waals surface area contributed by atoms with E-state index in [9.17, 15) is 14.7 Å². The predicted molar refractivity (Wildman–Crippen MR) is 149 cm³/mol. The first kappa shape index (κ1) is 26.3. The van der Waals surface area contributed by atoms with Crippen LogP contribution in [0.5, 0.6) is 17.2 Å². The number of esters is 2. The Morgan fingerprint density at radius 1 is 1.07 bits per heavy atom. The molecule has 2 aliphatic heterocycles. The molecule has 3 atom stereocenters. The molecule has 2 saturated heterocycles. The van der Waals surface area contributed by atoms with Gasteiger partial charge in [-0.05, 0) is 69.0 Å². The number of benzene rings is 2. The van der Waals surface area contributed by atoms with Gasteiger partial charge in [0.15, 0.2) is 17.6 Å². The van der Waals surface area contributed by atoms with Crippen molar-refractivity contribution in [1.82, 2.24) is 4.98 Å². The van der Waals surface area contributed by atoms with Gasteiger partial charge in [0.25, 0.3) is 0 Å². The number of rotatable bonds is 7. The van der Waals surface area contributed by atoms with Crippen LogP contribution in [-0.2, 0) is 19.1 Å². The van der Waals surface area contributed by atoms with E-state index in [2.05, 4.69) is 28.9 Å². The van der Waals surface area contributed by atoms with Crippen LogP contribution in [0.25, 0.3) is 21.0 Å². The Morgan fingerprint density at radius 2 is 1.85 bits per heavy atom. The number of cyclic esters (lactones) is 2. The topological polar surface area (TPSA) is 120 Å². The number of aliphatic hydroxyl groups excluding tert-OH is 1. The van der Waals surface area contributed by atoms with E-state index < -0.39 is 24.0 Å². The van der Waals surface area contributed by atoms with E-state index in [1.54, 1.807) is 37.7 Å². The number of nitrogens with zero attached hydrogens (tertiary/aromatic N) is 1. The lowest BCUT2D eigenvalue weighted by atomic mass is 9.90. The maximum atomic E-state index is 11.7. The molecule has 6 rings (SSSR count). The fraction of sp³-hybridized carbons (Fsp3) is 0.379. The van der Waals surface area contributed by atoms with Gasteiger partial charge in [-0.1, -0.05) is 6.07 Å². The molecule has 2 aromatic heterocycles. The molecule has 2 aromatic carbocycles. The van der Waals surface area contributed by atoms with E-state index in [0.29, 0.717) is 17.1 Å². The highest BCUT2D eigenvalue weighted by Crippen LogP contribution is 2.45. The number of fused-ring (bicyclic) bond motifs is 2. The summed E-state index contributed by atoms with van der Waals surface area (Å²) in [6.45, 7) is 4.38. The molecule has 2 N–H and O–H groups in total. The van der Waals surface area contributed by atoms with Crippen LogP contribution in [-0.4, -0.2) is 60.9 Å². The Labute approximate surface area is 234 Å². The SMILES string of the molecule is COc1ccc2sc([C@H]3CCN(c4cc5c(OC6([C@H](C)O)OC(=O)C(=O)O6)cccc5[nH]4)[C@H](C)C3)cc2c1OC. The van der Waals surface area contributed by atoms with Crippen LogP contribution >= 0.6 is 11.3 Å². The Balaban J connectivity index is 1.24. The quantitative estimate of drug-likeness (QED) is 0.243. The molecule has 10 nitrogen and oxygen atoms in total. The van der Waals surface area contributed by atoms with Crippen LogP contribution in [0, 0.1) is 0 Å². The zero-order valence-electron chi connectivity index (χ0n) is 22.6. The first-order valence-electron chi connectivity index (χ1n) is 13.1. The number of hydrogen-bond acceptors (Lipinski definition) is 10. The van der Waals surface area contributed by atoms with E-state index in [4.69, 9.17) is 23.7 Å². The number of aromatic amines is 1. The molecule has 2 aliphatic rings. The van der Waals surface area contributed by atoms with Crippen molar-refractivity contribution in [3.05, 3.63) is 47.3 Å². The third kappa shape index (κ3) is 4.29. The molecule has 0 spiro atoms. The van der Waals surface area contributed by atoms with Crippen LogP contribution in [0.2, 0.25) is 0 Å². The van der Waals surface area contributed by atoms with Crippen LogP contribution in [0.4, 0.5) is 5.82 Å². The second kappa shape index (κ2) is 9.90. The van der Waals surface area contributed by atoms with E-state index >= 15 is 0 Å². The molecule has 4 aromatic rings. The minimum absolute atomic E-state index is 0.248. The van der Waals surface area contributed by atoms with Crippen molar-refractivity contribution in [3.8, 4) is 17.2 Å². The van der Waals surface area contributed by atoms with Crippen molar-refractivity contribution in [1.29, 1.82) is 0 Å². The average molecular weight is 567 g/mol. The van der Waals surface area contributed by atoms with Crippen molar-refractivity contribution in [2.75, 3.05) is 25.7 Å². The van der Waals surface area contributed by atoms with Crippen molar-refractivity contribution in [3.63, 3.8) is 0 Å². The first-order chi connectivity index (χ1) is 19.2.